The minimum Gasteiger partial charge on any atom is -0.454 e. The van der Waals surface area contributed by atoms with Gasteiger partial charge in [-0.2, -0.15) is 0 Å². The summed E-state index contributed by atoms with van der Waals surface area (Å²) in [5, 5.41) is 1.27. The molecule has 3 heteroatoms. The van der Waals surface area contributed by atoms with Crippen LogP contribution in [0.5, 0.6) is 11.5 Å². The monoisotopic (exact) mass is 197 g/mol. The number of hydrogen-bond donors (Lipinski definition) is 1. The van der Waals surface area contributed by atoms with Gasteiger partial charge in [0, 0.05) is 6.04 Å². The van der Waals surface area contributed by atoms with Crippen LogP contribution in [-0.2, 0) is 6.42 Å². The van der Waals surface area contributed by atoms with Gasteiger partial charge < -0.3 is 14.8 Å². The molecule has 1 aromatic rings. The Labute approximate surface area is 89.7 Å². The van der Waals surface area contributed by atoms with Crippen LogP contribution < -0.4 is 14.8 Å². The second-order valence-electron chi connectivity index (χ2n) is 3.23. The van der Waals surface area contributed by atoms with Crippen LogP contribution in [0.15, 0.2) is 18.1 Å². The van der Waals surface area contributed by atoms with E-state index in [9.17, 15) is 0 Å². The van der Waals surface area contributed by atoms with Gasteiger partial charge in [0.05, 0.1) is 4.11 Å². The van der Waals surface area contributed by atoms with Gasteiger partial charge in [-0.15, -0.1) is 0 Å². The van der Waals surface area contributed by atoms with E-state index in [2.05, 4.69) is 0 Å². The van der Waals surface area contributed by atoms with Crippen LogP contribution in [-0.4, -0.2) is 19.9 Å². The molecule has 0 bridgehead atoms. The first kappa shape index (κ1) is 5.61. The van der Waals surface area contributed by atoms with Gasteiger partial charge in [0.15, 0.2) is 11.5 Å². The average molecular weight is 197 g/mol. The van der Waals surface area contributed by atoms with Crippen molar-refractivity contribution in [1.82, 2.24) is 5.31 Å². The molecule has 2 rings (SSSR count). The molecule has 0 saturated carbocycles. The third-order valence-corrected chi connectivity index (χ3v) is 2.14. The Hall–Kier alpha value is -1.22. The molecule has 76 valence electrons. The Morgan fingerprint density at radius 2 is 2.36 bits per heavy atom. The normalized spacial score (nSPS) is 19.9. The van der Waals surface area contributed by atoms with E-state index < -0.39 is 0 Å². The van der Waals surface area contributed by atoms with Crippen molar-refractivity contribution < 1.29 is 15.0 Å². The second kappa shape index (κ2) is 3.88. The number of ether oxygens (including phenoxy) is 2. The lowest BCUT2D eigenvalue weighted by Crippen LogP contribution is -2.23. The first-order valence-corrected chi connectivity index (χ1v) is 4.53. The summed E-state index contributed by atoms with van der Waals surface area (Å²) in [6.45, 7) is 1.82. The third-order valence-electron chi connectivity index (χ3n) is 2.14. The molecule has 0 fully saturated rings. The molecule has 0 saturated heterocycles. The fraction of sp³-hybridized carbons (Fsp3) is 0.455. The van der Waals surface area contributed by atoms with E-state index in [0.29, 0.717) is 12.0 Å². The Bertz CT molecular complexity index is 479. The molecule has 1 unspecified atom stereocenters. The van der Waals surface area contributed by atoms with E-state index in [1.54, 1.807) is 7.05 Å². The summed E-state index contributed by atoms with van der Waals surface area (Å²) < 4.78 is 41.5. The SMILES string of the molecule is [2H]c1c([2H])c2c(c([2H])c1CC(C)N([2H])C)OCO2. The Morgan fingerprint density at radius 3 is 3.14 bits per heavy atom. The number of fused-ring (bicyclic) bond motifs is 1. The van der Waals surface area contributed by atoms with E-state index in [1.807, 2.05) is 6.92 Å². The van der Waals surface area contributed by atoms with Crippen LogP contribution in [0.3, 0.4) is 0 Å². The standard InChI is InChI=1S/C11H15NO2/c1-8(12-2)5-9-3-4-10-11(6-9)14-7-13-10/h3-4,6,8,12H,5,7H2,1-2H3/i3D,4D,6D/hD. The quantitative estimate of drug-likeness (QED) is 0.797. The van der Waals surface area contributed by atoms with Crippen LogP contribution in [0.25, 0.3) is 0 Å². The van der Waals surface area contributed by atoms with E-state index >= 15 is 0 Å². The fourth-order valence-electron chi connectivity index (χ4n) is 1.25. The predicted molar refractivity (Wildman–Crippen MR) is 54.8 cm³/mol. The molecule has 3 nitrogen and oxygen atoms in total. The molecule has 0 radical (unpaired) electrons. The van der Waals surface area contributed by atoms with Gasteiger partial charge in [-0.1, -0.05) is 6.04 Å². The van der Waals surface area contributed by atoms with Crippen molar-refractivity contribution in [3.63, 3.8) is 0 Å². The lowest BCUT2D eigenvalue weighted by atomic mass is 10.1. The van der Waals surface area contributed by atoms with Gasteiger partial charge in [0.25, 0.3) is 0 Å². The first-order valence-electron chi connectivity index (χ1n) is 6.48. The van der Waals surface area contributed by atoms with Crippen LogP contribution in [0.4, 0.5) is 0 Å². The van der Waals surface area contributed by atoms with Gasteiger partial charge in [-0.3, -0.25) is 0 Å². The van der Waals surface area contributed by atoms with Gasteiger partial charge in [0.1, 0.15) is 1.41 Å². The largest absolute Gasteiger partial charge is 0.454 e. The van der Waals surface area contributed by atoms with Crippen molar-refractivity contribution in [2.45, 2.75) is 19.4 Å². The highest BCUT2D eigenvalue weighted by atomic mass is 16.7. The Balaban J connectivity index is 2.45. The second-order valence-corrected chi connectivity index (χ2v) is 3.23. The molecule has 14 heavy (non-hydrogen) atoms. The number of likely N-dealkylation sites (N-methyl/N-ethyl adjacent to an activating group) is 1. The summed E-state index contributed by atoms with van der Waals surface area (Å²) in [7, 11) is 1.62. The van der Waals surface area contributed by atoms with Gasteiger partial charge >= 0.3 is 0 Å². The molecule has 1 atom stereocenters. The summed E-state index contributed by atoms with van der Waals surface area (Å²) in [5.74, 6) is 0.423. The minimum absolute atomic E-state index is 0.0100. The maximum absolute atomic E-state index is 8.01. The number of benzene rings is 1. The van der Waals surface area contributed by atoms with E-state index in [-0.39, 0.29) is 42.5 Å². The van der Waals surface area contributed by atoms with Crippen LogP contribution in [0.2, 0.25) is 1.41 Å². The maximum Gasteiger partial charge on any atom is 0.231 e. The van der Waals surface area contributed by atoms with E-state index in [0.717, 1.165) is 0 Å². The summed E-state index contributed by atoms with van der Waals surface area (Å²) in [4.78, 5) is 0. The zero-order chi connectivity index (χ0) is 13.4. The van der Waals surface area contributed by atoms with Crippen molar-refractivity contribution in [2.75, 3.05) is 13.8 Å². The molecular weight excluding hydrogens is 178 g/mol. The van der Waals surface area contributed by atoms with Crippen molar-refractivity contribution in [1.29, 1.82) is 0 Å². The van der Waals surface area contributed by atoms with Crippen LogP contribution >= 0.6 is 0 Å². The summed E-state index contributed by atoms with van der Waals surface area (Å²) >= 11 is 0. The molecule has 0 spiro atoms. The highest BCUT2D eigenvalue weighted by molar-refractivity contribution is 5.44. The predicted octanol–water partition coefficient (Wildman–Crippen LogP) is 1.57. The average Bonchev–Trinajstić information content (AvgIpc) is 2.80. The molecule has 1 aliphatic heterocycles. The third kappa shape index (κ3) is 1.82. The maximum atomic E-state index is 8.01. The molecule has 0 amide bonds. The number of hydrogen-bond acceptors (Lipinski definition) is 3. The molecule has 0 aliphatic carbocycles. The summed E-state index contributed by atoms with van der Waals surface area (Å²) in [6, 6.07) is -0.110. The zero-order valence-electron chi connectivity index (χ0n) is 12.3. The first-order chi connectivity index (χ1) is 8.43. The van der Waals surface area contributed by atoms with Crippen molar-refractivity contribution in [3.05, 3.63) is 23.7 Å². The minimum atomic E-state index is -0.141. The smallest absolute Gasteiger partial charge is 0.231 e. The lowest BCUT2D eigenvalue weighted by Gasteiger charge is -2.09. The zero-order valence-corrected chi connectivity index (χ0v) is 8.26. The number of rotatable bonds is 3. The molecule has 1 aliphatic rings. The van der Waals surface area contributed by atoms with Gasteiger partial charge in [-0.05, 0) is 38.0 Å². The Morgan fingerprint density at radius 1 is 1.57 bits per heavy atom. The van der Waals surface area contributed by atoms with Crippen molar-refractivity contribution >= 4 is 0 Å². The highest BCUT2D eigenvalue weighted by Crippen LogP contribution is 2.32. The van der Waals surface area contributed by atoms with Gasteiger partial charge in [-0.25, -0.2) is 0 Å². The molecule has 1 aromatic carbocycles. The van der Waals surface area contributed by atoms with Crippen LogP contribution in [0.1, 0.15) is 16.6 Å². The van der Waals surface area contributed by atoms with E-state index in [4.69, 9.17) is 15.0 Å². The molecule has 0 aromatic heterocycles. The van der Waals surface area contributed by atoms with Crippen LogP contribution in [0, 0.1) is 0 Å². The number of nitrogens with one attached hydrogen (secondary N) is 1. The Kier molecular flexibility index (Phi) is 1.56. The molecule has 1 heterocycles. The lowest BCUT2D eigenvalue weighted by molar-refractivity contribution is 0.174. The van der Waals surface area contributed by atoms with Crippen molar-refractivity contribution in [3.8, 4) is 11.5 Å². The topological polar surface area (TPSA) is 30.5 Å². The van der Waals surface area contributed by atoms with Crippen molar-refractivity contribution in [2.24, 2.45) is 0 Å². The fourth-order valence-corrected chi connectivity index (χ4v) is 1.25. The van der Waals surface area contributed by atoms with Gasteiger partial charge in [0.2, 0.25) is 6.79 Å². The summed E-state index contributed by atoms with van der Waals surface area (Å²) in [6.07, 6.45) is 0.361. The molecular formula is C11H15NO2. The molecule has 1 N–H and O–H groups in total. The summed E-state index contributed by atoms with van der Waals surface area (Å²) in [5.41, 5.74) is 0.427. The van der Waals surface area contributed by atoms with E-state index in [1.165, 1.54) is 5.31 Å². The highest BCUT2D eigenvalue weighted by Gasteiger charge is 2.13.